The fourth-order valence-corrected chi connectivity index (χ4v) is 2.68. The lowest BCUT2D eigenvalue weighted by molar-refractivity contribution is 0.340. The number of rotatable bonds is 14. The highest BCUT2D eigenvalue weighted by molar-refractivity contribution is 5.27. The van der Waals surface area contributed by atoms with Crippen LogP contribution in [0.1, 0.15) is 25.0 Å². The van der Waals surface area contributed by atoms with Gasteiger partial charge in [-0.2, -0.15) is 0 Å². The third kappa shape index (κ3) is 8.91. The highest BCUT2D eigenvalue weighted by atomic mass is 16.5. The molecule has 0 heterocycles. The predicted octanol–water partition coefficient (Wildman–Crippen LogP) is 2.95. The first-order valence-electron chi connectivity index (χ1n) is 9.87. The Bertz CT molecular complexity index is 559. The van der Waals surface area contributed by atoms with Crippen molar-refractivity contribution in [2.75, 3.05) is 39.4 Å². The number of hydrogen-bond donors (Lipinski definition) is 3. The van der Waals surface area contributed by atoms with Crippen LogP contribution in [0.3, 0.4) is 0 Å². The van der Waals surface area contributed by atoms with Crippen LogP contribution in [-0.4, -0.2) is 39.4 Å². The summed E-state index contributed by atoms with van der Waals surface area (Å²) in [5, 5.41) is 10.3. The second-order valence-corrected chi connectivity index (χ2v) is 6.26. The van der Waals surface area contributed by atoms with Gasteiger partial charge in [-0.25, -0.2) is 0 Å². The van der Waals surface area contributed by atoms with Crippen LogP contribution in [0.2, 0.25) is 0 Å². The molecule has 2 aromatic carbocycles. The Morgan fingerprint density at radius 2 is 0.926 bits per heavy atom. The molecule has 0 aliphatic carbocycles. The summed E-state index contributed by atoms with van der Waals surface area (Å²) in [4.78, 5) is 0. The minimum Gasteiger partial charge on any atom is -0.494 e. The van der Waals surface area contributed by atoms with Crippen molar-refractivity contribution in [3.8, 4) is 11.5 Å². The van der Waals surface area contributed by atoms with E-state index in [1.807, 2.05) is 38.1 Å². The van der Waals surface area contributed by atoms with Crippen LogP contribution in [0.5, 0.6) is 11.5 Å². The first-order valence-corrected chi connectivity index (χ1v) is 9.87. The van der Waals surface area contributed by atoms with Crippen molar-refractivity contribution < 1.29 is 9.47 Å². The second kappa shape index (κ2) is 13.1. The summed E-state index contributed by atoms with van der Waals surface area (Å²) in [7, 11) is 0. The molecule has 148 valence electrons. The quantitative estimate of drug-likeness (QED) is 0.446. The van der Waals surface area contributed by atoms with Crippen molar-refractivity contribution >= 4 is 0 Å². The Kier molecular flexibility index (Phi) is 10.3. The van der Waals surface area contributed by atoms with E-state index in [1.54, 1.807) is 0 Å². The molecule has 27 heavy (non-hydrogen) atoms. The van der Waals surface area contributed by atoms with Crippen LogP contribution < -0.4 is 25.4 Å². The van der Waals surface area contributed by atoms with Crippen LogP contribution in [0.15, 0.2) is 48.5 Å². The van der Waals surface area contributed by atoms with Crippen LogP contribution in [0, 0.1) is 0 Å². The molecular weight excluding hydrogens is 338 g/mol. The van der Waals surface area contributed by atoms with Crippen molar-refractivity contribution in [3.63, 3.8) is 0 Å². The number of nitrogens with one attached hydrogen (secondary N) is 3. The number of hydrogen-bond acceptors (Lipinski definition) is 5. The van der Waals surface area contributed by atoms with Gasteiger partial charge in [0.25, 0.3) is 0 Å². The van der Waals surface area contributed by atoms with E-state index in [1.165, 1.54) is 11.1 Å². The van der Waals surface area contributed by atoms with E-state index in [-0.39, 0.29) is 0 Å². The third-order valence-electron chi connectivity index (χ3n) is 4.08. The van der Waals surface area contributed by atoms with E-state index >= 15 is 0 Å². The average Bonchev–Trinajstić information content (AvgIpc) is 2.69. The molecule has 0 saturated carbocycles. The van der Waals surface area contributed by atoms with Crippen molar-refractivity contribution in [2.24, 2.45) is 0 Å². The molecule has 2 aromatic rings. The Morgan fingerprint density at radius 1 is 0.556 bits per heavy atom. The maximum Gasteiger partial charge on any atom is 0.119 e. The SMILES string of the molecule is CCOc1ccc(CNCCNCCNCc2ccc(OCC)cc2)cc1. The highest BCUT2D eigenvalue weighted by Crippen LogP contribution is 2.12. The van der Waals surface area contributed by atoms with E-state index in [0.29, 0.717) is 13.2 Å². The first-order chi connectivity index (χ1) is 13.3. The van der Waals surface area contributed by atoms with Gasteiger partial charge in [0.2, 0.25) is 0 Å². The molecule has 0 aromatic heterocycles. The van der Waals surface area contributed by atoms with Gasteiger partial charge in [0, 0.05) is 39.3 Å². The molecule has 0 amide bonds. The van der Waals surface area contributed by atoms with E-state index in [4.69, 9.17) is 9.47 Å². The van der Waals surface area contributed by atoms with Gasteiger partial charge < -0.3 is 25.4 Å². The third-order valence-corrected chi connectivity index (χ3v) is 4.08. The second-order valence-electron chi connectivity index (χ2n) is 6.26. The first kappa shape index (κ1) is 21.2. The van der Waals surface area contributed by atoms with Gasteiger partial charge in [-0.1, -0.05) is 24.3 Å². The minimum absolute atomic E-state index is 0.707. The lowest BCUT2D eigenvalue weighted by Crippen LogP contribution is -2.32. The molecule has 0 aliphatic heterocycles. The summed E-state index contributed by atoms with van der Waals surface area (Å²) in [5.41, 5.74) is 2.55. The van der Waals surface area contributed by atoms with Gasteiger partial charge in [0.15, 0.2) is 0 Å². The highest BCUT2D eigenvalue weighted by Gasteiger charge is 1.96. The Morgan fingerprint density at radius 3 is 1.30 bits per heavy atom. The summed E-state index contributed by atoms with van der Waals surface area (Å²) in [5.74, 6) is 1.86. The minimum atomic E-state index is 0.707. The zero-order chi connectivity index (χ0) is 19.2. The maximum absolute atomic E-state index is 5.45. The van der Waals surface area contributed by atoms with E-state index < -0.39 is 0 Å². The van der Waals surface area contributed by atoms with Gasteiger partial charge >= 0.3 is 0 Å². The van der Waals surface area contributed by atoms with Crippen LogP contribution in [0.4, 0.5) is 0 Å². The van der Waals surface area contributed by atoms with Gasteiger partial charge in [0.05, 0.1) is 13.2 Å². The van der Waals surface area contributed by atoms with E-state index in [0.717, 1.165) is 50.8 Å². The molecule has 0 spiro atoms. The topological polar surface area (TPSA) is 54.5 Å². The Balaban J connectivity index is 1.45. The number of ether oxygens (including phenoxy) is 2. The lowest BCUT2D eigenvalue weighted by atomic mass is 10.2. The molecular formula is C22H33N3O2. The van der Waals surface area contributed by atoms with Crippen molar-refractivity contribution in [1.29, 1.82) is 0 Å². The van der Waals surface area contributed by atoms with Crippen LogP contribution >= 0.6 is 0 Å². The van der Waals surface area contributed by atoms with E-state index in [9.17, 15) is 0 Å². The molecule has 0 fully saturated rings. The summed E-state index contributed by atoms with van der Waals surface area (Å²) in [6, 6.07) is 16.5. The summed E-state index contributed by atoms with van der Waals surface area (Å²) in [6.07, 6.45) is 0. The monoisotopic (exact) mass is 371 g/mol. The van der Waals surface area contributed by atoms with Gasteiger partial charge in [-0.05, 0) is 49.2 Å². The fourth-order valence-electron chi connectivity index (χ4n) is 2.68. The molecule has 3 N–H and O–H groups in total. The smallest absolute Gasteiger partial charge is 0.119 e. The molecule has 0 bridgehead atoms. The summed E-state index contributed by atoms with van der Waals surface area (Å²) in [6.45, 7) is 11.0. The molecule has 2 rings (SSSR count). The summed E-state index contributed by atoms with van der Waals surface area (Å²) >= 11 is 0. The van der Waals surface area contributed by atoms with Gasteiger partial charge in [0.1, 0.15) is 11.5 Å². The molecule has 0 aliphatic rings. The average molecular weight is 372 g/mol. The standard InChI is InChI=1S/C22H33N3O2/c1-3-26-21-9-5-19(6-10-21)17-24-15-13-23-14-16-25-18-20-7-11-22(12-8-20)27-4-2/h5-12,23-25H,3-4,13-18H2,1-2H3. The predicted molar refractivity (Wildman–Crippen MR) is 112 cm³/mol. The van der Waals surface area contributed by atoms with Crippen LogP contribution in [0.25, 0.3) is 0 Å². The van der Waals surface area contributed by atoms with Gasteiger partial charge in [-0.15, -0.1) is 0 Å². The van der Waals surface area contributed by atoms with Crippen molar-refractivity contribution in [1.82, 2.24) is 16.0 Å². The lowest BCUT2D eigenvalue weighted by Gasteiger charge is -2.09. The maximum atomic E-state index is 5.45. The Hall–Kier alpha value is -2.08. The fraction of sp³-hybridized carbons (Fsp3) is 0.455. The normalized spacial score (nSPS) is 10.7. The Labute approximate surface area is 163 Å². The van der Waals surface area contributed by atoms with Gasteiger partial charge in [-0.3, -0.25) is 0 Å². The zero-order valence-corrected chi connectivity index (χ0v) is 16.6. The number of benzene rings is 2. The summed E-state index contributed by atoms with van der Waals surface area (Å²) < 4.78 is 10.9. The zero-order valence-electron chi connectivity index (χ0n) is 16.6. The largest absolute Gasteiger partial charge is 0.494 e. The molecule has 5 nitrogen and oxygen atoms in total. The molecule has 0 unspecified atom stereocenters. The van der Waals surface area contributed by atoms with Crippen LogP contribution in [-0.2, 0) is 13.1 Å². The molecule has 0 saturated heterocycles. The van der Waals surface area contributed by atoms with E-state index in [2.05, 4.69) is 40.2 Å². The molecule has 5 heteroatoms. The van der Waals surface area contributed by atoms with Crippen molar-refractivity contribution in [2.45, 2.75) is 26.9 Å². The molecule has 0 atom stereocenters. The molecule has 0 radical (unpaired) electrons. The van der Waals surface area contributed by atoms with Crippen molar-refractivity contribution in [3.05, 3.63) is 59.7 Å².